The van der Waals surface area contributed by atoms with Gasteiger partial charge in [-0.3, -0.25) is 0 Å². The second-order valence-corrected chi connectivity index (χ2v) is 6.77. The molecule has 0 aliphatic rings. The smallest absolute Gasteiger partial charge is 0.130 e. The highest BCUT2D eigenvalue weighted by Gasteiger charge is 2.20. The molecule has 18 heavy (non-hydrogen) atoms. The minimum Gasteiger partial charge on any atom is -0.207 e. The molecule has 0 amide bonds. The molecule has 0 aliphatic carbocycles. The van der Waals surface area contributed by atoms with E-state index in [1.54, 1.807) is 0 Å². The summed E-state index contributed by atoms with van der Waals surface area (Å²) in [5.41, 5.74) is 0.621. The van der Waals surface area contributed by atoms with E-state index in [-0.39, 0.29) is 5.41 Å². The molecule has 0 aliphatic heterocycles. The van der Waals surface area contributed by atoms with Gasteiger partial charge in [0.2, 0.25) is 0 Å². The van der Waals surface area contributed by atoms with Gasteiger partial charge >= 0.3 is 0 Å². The molecule has 0 radical (unpaired) electrons. The quantitative estimate of drug-likeness (QED) is 0.617. The highest BCUT2D eigenvalue weighted by Crippen LogP contribution is 2.34. The van der Waals surface area contributed by atoms with Gasteiger partial charge in [-0.1, -0.05) is 33.8 Å². The summed E-state index contributed by atoms with van der Waals surface area (Å²) in [6, 6.07) is 3.58. The Balaban J connectivity index is 2.67. The Hall–Kier alpha value is -0.630. The van der Waals surface area contributed by atoms with E-state index in [0.29, 0.717) is 17.9 Å². The molecule has 0 spiro atoms. The fourth-order valence-corrected chi connectivity index (χ4v) is 2.85. The first-order valence-electron chi connectivity index (χ1n) is 6.28. The van der Waals surface area contributed by atoms with Crippen LogP contribution in [-0.2, 0) is 0 Å². The van der Waals surface area contributed by atoms with Crippen molar-refractivity contribution < 1.29 is 8.78 Å². The lowest BCUT2D eigenvalue weighted by Crippen LogP contribution is -2.12. The SMILES string of the molecule is CC(CC(Cl)c1ccc(F)cc1F)CC(C)(C)C. The van der Waals surface area contributed by atoms with Crippen molar-refractivity contribution in [1.82, 2.24) is 0 Å². The third-order valence-corrected chi connectivity index (χ3v) is 3.28. The minimum atomic E-state index is -0.567. The molecule has 0 saturated heterocycles. The molecular weight excluding hydrogens is 254 g/mol. The van der Waals surface area contributed by atoms with E-state index in [4.69, 9.17) is 11.6 Å². The number of benzene rings is 1. The first-order chi connectivity index (χ1) is 8.19. The number of halogens is 3. The van der Waals surface area contributed by atoms with Crippen LogP contribution in [0.5, 0.6) is 0 Å². The Morgan fingerprint density at radius 3 is 2.33 bits per heavy atom. The van der Waals surface area contributed by atoms with Crippen molar-refractivity contribution in [2.24, 2.45) is 11.3 Å². The molecule has 0 bridgehead atoms. The maximum atomic E-state index is 13.6. The van der Waals surface area contributed by atoms with Crippen LogP contribution in [-0.4, -0.2) is 0 Å². The Kier molecular flexibility index (Phi) is 5.15. The van der Waals surface area contributed by atoms with Crippen LogP contribution >= 0.6 is 11.6 Å². The summed E-state index contributed by atoms with van der Waals surface area (Å²) in [4.78, 5) is 0. The highest BCUT2D eigenvalue weighted by molar-refractivity contribution is 6.20. The lowest BCUT2D eigenvalue weighted by molar-refractivity contribution is 0.294. The Labute approximate surface area is 113 Å². The summed E-state index contributed by atoms with van der Waals surface area (Å²) >= 11 is 6.23. The number of rotatable bonds is 4. The summed E-state index contributed by atoms with van der Waals surface area (Å²) in [5, 5.41) is -0.400. The normalized spacial score (nSPS) is 15.5. The van der Waals surface area contributed by atoms with E-state index in [9.17, 15) is 8.78 Å². The van der Waals surface area contributed by atoms with Gasteiger partial charge in [-0.05, 0) is 30.2 Å². The lowest BCUT2D eigenvalue weighted by atomic mass is 9.83. The fraction of sp³-hybridized carbons (Fsp3) is 0.600. The zero-order valence-electron chi connectivity index (χ0n) is 11.4. The summed E-state index contributed by atoms with van der Waals surface area (Å²) in [6.07, 6.45) is 1.72. The third-order valence-electron chi connectivity index (χ3n) is 2.87. The molecule has 0 nitrogen and oxygen atoms in total. The Morgan fingerprint density at radius 1 is 1.22 bits per heavy atom. The molecule has 1 aromatic rings. The number of alkyl halides is 1. The van der Waals surface area contributed by atoms with Gasteiger partial charge < -0.3 is 0 Å². The number of hydrogen-bond acceptors (Lipinski definition) is 0. The Morgan fingerprint density at radius 2 is 1.83 bits per heavy atom. The first kappa shape index (κ1) is 15.4. The predicted octanol–water partition coefficient (Wildman–Crippen LogP) is 5.71. The molecule has 0 fully saturated rings. The van der Waals surface area contributed by atoms with Crippen molar-refractivity contribution in [2.45, 2.75) is 45.9 Å². The van der Waals surface area contributed by atoms with E-state index < -0.39 is 17.0 Å². The average Bonchev–Trinajstić information content (AvgIpc) is 2.13. The predicted molar refractivity (Wildman–Crippen MR) is 72.8 cm³/mol. The number of hydrogen-bond donors (Lipinski definition) is 0. The second-order valence-electron chi connectivity index (χ2n) is 6.24. The first-order valence-corrected chi connectivity index (χ1v) is 6.71. The largest absolute Gasteiger partial charge is 0.207 e. The van der Waals surface area contributed by atoms with E-state index in [1.165, 1.54) is 12.1 Å². The Bertz CT molecular complexity index is 396. The van der Waals surface area contributed by atoms with Crippen molar-refractivity contribution in [1.29, 1.82) is 0 Å². The zero-order valence-corrected chi connectivity index (χ0v) is 12.2. The van der Waals surface area contributed by atoms with E-state index in [0.717, 1.165) is 12.5 Å². The molecular formula is C15H21ClF2. The van der Waals surface area contributed by atoms with Gasteiger partial charge in [0.15, 0.2) is 0 Å². The molecule has 0 aromatic heterocycles. The fourth-order valence-electron chi connectivity index (χ4n) is 2.36. The van der Waals surface area contributed by atoms with Crippen molar-refractivity contribution in [3.63, 3.8) is 0 Å². The van der Waals surface area contributed by atoms with Gasteiger partial charge in [0.25, 0.3) is 0 Å². The van der Waals surface area contributed by atoms with E-state index >= 15 is 0 Å². The standard InChI is InChI=1S/C15H21ClF2/c1-10(9-15(2,3)4)7-13(16)12-6-5-11(17)8-14(12)18/h5-6,8,10,13H,7,9H2,1-4H3. The maximum Gasteiger partial charge on any atom is 0.130 e. The molecule has 2 atom stereocenters. The van der Waals surface area contributed by atoms with Crippen LogP contribution < -0.4 is 0 Å². The van der Waals surface area contributed by atoms with Gasteiger partial charge in [-0.25, -0.2) is 8.78 Å². The van der Waals surface area contributed by atoms with Crippen molar-refractivity contribution in [2.75, 3.05) is 0 Å². The van der Waals surface area contributed by atoms with E-state index in [1.807, 2.05) is 0 Å². The minimum absolute atomic E-state index is 0.233. The van der Waals surface area contributed by atoms with Crippen LogP contribution in [0.1, 0.15) is 51.5 Å². The van der Waals surface area contributed by atoms with Crippen LogP contribution in [0.2, 0.25) is 0 Å². The van der Waals surface area contributed by atoms with Crippen molar-refractivity contribution in [3.8, 4) is 0 Å². The topological polar surface area (TPSA) is 0 Å². The molecule has 2 unspecified atom stereocenters. The van der Waals surface area contributed by atoms with Crippen LogP contribution in [0, 0.1) is 23.0 Å². The lowest BCUT2D eigenvalue weighted by Gasteiger charge is -2.24. The van der Waals surface area contributed by atoms with E-state index in [2.05, 4.69) is 27.7 Å². The van der Waals surface area contributed by atoms with Crippen LogP contribution in [0.3, 0.4) is 0 Å². The molecule has 1 rings (SSSR count). The second kappa shape index (κ2) is 6.01. The van der Waals surface area contributed by atoms with Crippen LogP contribution in [0.4, 0.5) is 8.78 Å². The van der Waals surface area contributed by atoms with Gasteiger partial charge in [0.05, 0.1) is 5.38 Å². The molecule has 0 heterocycles. The summed E-state index contributed by atoms with van der Waals surface area (Å²) in [6.45, 7) is 8.63. The summed E-state index contributed by atoms with van der Waals surface area (Å²) in [7, 11) is 0. The van der Waals surface area contributed by atoms with Gasteiger partial charge in [0.1, 0.15) is 11.6 Å². The van der Waals surface area contributed by atoms with Gasteiger partial charge in [-0.2, -0.15) is 0 Å². The zero-order chi connectivity index (χ0) is 13.9. The molecule has 102 valence electrons. The van der Waals surface area contributed by atoms with Crippen LogP contribution in [0.25, 0.3) is 0 Å². The third kappa shape index (κ3) is 4.93. The van der Waals surface area contributed by atoms with Crippen molar-refractivity contribution >= 4 is 11.6 Å². The average molecular weight is 275 g/mol. The summed E-state index contributed by atoms with van der Waals surface area (Å²) < 4.78 is 26.4. The van der Waals surface area contributed by atoms with Gasteiger partial charge in [-0.15, -0.1) is 11.6 Å². The molecule has 1 aromatic carbocycles. The summed E-state index contributed by atoms with van der Waals surface area (Å²) in [5.74, 6) is -0.724. The molecule has 0 N–H and O–H groups in total. The van der Waals surface area contributed by atoms with Gasteiger partial charge in [0, 0.05) is 11.6 Å². The highest BCUT2D eigenvalue weighted by atomic mass is 35.5. The molecule has 3 heteroatoms. The molecule has 0 saturated carbocycles. The van der Waals surface area contributed by atoms with Crippen LogP contribution in [0.15, 0.2) is 18.2 Å². The maximum absolute atomic E-state index is 13.6. The monoisotopic (exact) mass is 274 g/mol. The van der Waals surface area contributed by atoms with Crippen molar-refractivity contribution in [3.05, 3.63) is 35.4 Å².